The van der Waals surface area contributed by atoms with Crippen LogP contribution < -0.4 is 0 Å². The molecule has 4 nitrogen and oxygen atoms in total. The van der Waals surface area contributed by atoms with Crippen LogP contribution in [0.4, 0.5) is 8.78 Å². The van der Waals surface area contributed by atoms with E-state index in [9.17, 15) is 9.90 Å². The van der Waals surface area contributed by atoms with Crippen LogP contribution in [0.15, 0.2) is 4.99 Å². The Balaban J connectivity index is 2.34. The fourth-order valence-corrected chi connectivity index (χ4v) is 5.30. The fraction of sp³-hybridized carbons (Fsp3) is 0.889. The number of halogens is 3. The van der Waals surface area contributed by atoms with Crippen LogP contribution in [0.5, 0.6) is 0 Å². The van der Waals surface area contributed by atoms with E-state index in [-0.39, 0.29) is 24.6 Å². The molecule has 0 spiro atoms. The van der Waals surface area contributed by atoms with Crippen molar-refractivity contribution >= 4 is 22.7 Å². The van der Waals surface area contributed by atoms with Gasteiger partial charge in [-0.2, -0.15) is 8.78 Å². The summed E-state index contributed by atoms with van der Waals surface area (Å²) in [5, 5.41) is 11.1. The maximum absolute atomic E-state index is 15.2. The first-order valence-corrected chi connectivity index (χ1v) is 9.16. The van der Waals surface area contributed by atoms with Crippen molar-refractivity contribution in [1.29, 1.82) is 0 Å². The minimum atomic E-state index is -3.87. The first kappa shape index (κ1) is 20.6. The predicted octanol–water partition coefficient (Wildman–Crippen LogP) is 3.85. The molecule has 0 aromatic carbocycles. The highest BCUT2D eigenvalue weighted by atomic mass is 35.5. The number of amides is 1. The number of nitrogens with zero attached hydrogens (tertiary/aromatic N) is 2. The van der Waals surface area contributed by atoms with Crippen molar-refractivity contribution in [2.75, 3.05) is 13.6 Å². The molecule has 0 aromatic heterocycles. The van der Waals surface area contributed by atoms with Gasteiger partial charge in [0.15, 0.2) is 0 Å². The van der Waals surface area contributed by atoms with Crippen molar-refractivity contribution in [3.05, 3.63) is 0 Å². The Morgan fingerprint density at radius 1 is 1.20 bits per heavy atom. The third kappa shape index (κ3) is 3.85. The smallest absolute Gasteiger partial charge is 0.352 e. The highest BCUT2D eigenvalue weighted by Gasteiger charge is 2.65. The Bertz CT molecular complexity index is 559. The molecule has 1 amide bonds. The lowest BCUT2D eigenvalue weighted by atomic mass is 9.58. The van der Waals surface area contributed by atoms with Crippen molar-refractivity contribution in [3.8, 4) is 0 Å². The zero-order chi connectivity index (χ0) is 19.3. The van der Waals surface area contributed by atoms with Gasteiger partial charge in [0.05, 0.1) is 6.04 Å². The maximum Gasteiger partial charge on any atom is 0.352 e. The monoisotopic (exact) mass is 378 g/mol. The lowest BCUT2D eigenvalue weighted by molar-refractivity contribution is -0.230. The topological polar surface area (TPSA) is 52.9 Å². The summed E-state index contributed by atoms with van der Waals surface area (Å²) in [6.07, 6.45) is 1.58. The second-order valence-electron chi connectivity index (χ2n) is 9.17. The second kappa shape index (κ2) is 6.45. The Kier molecular flexibility index (Phi) is 5.30. The molecule has 25 heavy (non-hydrogen) atoms. The van der Waals surface area contributed by atoms with E-state index in [0.717, 1.165) is 4.90 Å². The average molecular weight is 379 g/mol. The van der Waals surface area contributed by atoms with Crippen LogP contribution in [0, 0.1) is 10.8 Å². The predicted molar refractivity (Wildman–Crippen MR) is 95.3 cm³/mol. The molecule has 0 radical (unpaired) electrons. The number of aliphatic imine (C=N–C) groups is 1. The molecule has 1 saturated carbocycles. The van der Waals surface area contributed by atoms with Crippen molar-refractivity contribution < 1.29 is 18.7 Å². The molecule has 1 N–H and O–H groups in total. The number of carbonyl (C=O) groups excluding carboxylic acids is 1. The van der Waals surface area contributed by atoms with E-state index in [0.29, 0.717) is 19.3 Å². The molecule has 7 heteroatoms. The number of aliphatic hydroxyl groups is 1. The zero-order valence-corrected chi connectivity index (χ0v) is 16.5. The standard InChI is InChI=1S/C18H29ClF2N2O2/c1-15(2)9-16(3,4)11-17(25,10-15)18(20,21)14(24)23-8-6-7-12(23)13(19)22-5/h12,25H,6-11H2,1-5H3/t12-/m0/s1. The Morgan fingerprint density at radius 3 is 2.20 bits per heavy atom. The van der Waals surface area contributed by atoms with Gasteiger partial charge in [-0.25, -0.2) is 0 Å². The number of carbonyl (C=O) groups is 1. The lowest BCUT2D eigenvalue weighted by Gasteiger charge is -2.51. The molecule has 2 rings (SSSR count). The van der Waals surface area contributed by atoms with Gasteiger partial charge in [0.2, 0.25) is 0 Å². The highest BCUT2D eigenvalue weighted by Crippen LogP contribution is 2.55. The van der Waals surface area contributed by atoms with Gasteiger partial charge in [-0.3, -0.25) is 9.79 Å². The van der Waals surface area contributed by atoms with E-state index in [1.54, 1.807) is 0 Å². The molecule has 0 aromatic rings. The lowest BCUT2D eigenvalue weighted by Crippen LogP contribution is -2.63. The van der Waals surface area contributed by atoms with Gasteiger partial charge < -0.3 is 10.0 Å². The summed E-state index contributed by atoms with van der Waals surface area (Å²) in [6, 6.07) is -0.627. The van der Waals surface area contributed by atoms with E-state index in [4.69, 9.17) is 11.6 Å². The molecule has 2 fully saturated rings. The molecule has 144 valence electrons. The minimum absolute atomic E-state index is 0.115. The van der Waals surface area contributed by atoms with Crippen molar-refractivity contribution in [1.82, 2.24) is 4.90 Å². The summed E-state index contributed by atoms with van der Waals surface area (Å²) in [7, 11) is 1.47. The first-order valence-electron chi connectivity index (χ1n) is 8.78. The molecule has 1 atom stereocenters. The third-order valence-corrected chi connectivity index (χ3v) is 5.78. The Labute approximate surface area is 153 Å². The van der Waals surface area contributed by atoms with Gasteiger partial charge in [0.25, 0.3) is 5.91 Å². The van der Waals surface area contributed by atoms with E-state index in [2.05, 4.69) is 4.99 Å². The summed E-state index contributed by atoms with van der Waals surface area (Å²) in [6.45, 7) is 7.64. The Morgan fingerprint density at radius 2 is 1.72 bits per heavy atom. The summed E-state index contributed by atoms with van der Waals surface area (Å²) in [4.78, 5) is 17.7. The minimum Gasteiger partial charge on any atom is -0.383 e. The molecule has 1 saturated heterocycles. The van der Waals surface area contributed by atoms with Crippen LogP contribution in [-0.2, 0) is 4.79 Å². The van der Waals surface area contributed by atoms with Crippen LogP contribution in [0.25, 0.3) is 0 Å². The third-order valence-electron chi connectivity index (χ3n) is 5.35. The van der Waals surface area contributed by atoms with Crippen molar-refractivity contribution in [3.63, 3.8) is 0 Å². The SMILES string of the molecule is CN=C(Cl)[C@@H]1CCCN1C(=O)C(F)(F)C1(O)CC(C)(C)CC(C)(C)C1. The van der Waals surface area contributed by atoms with Crippen LogP contribution in [-0.4, -0.2) is 52.2 Å². The Hall–Kier alpha value is -0.750. The molecule has 2 aliphatic rings. The van der Waals surface area contributed by atoms with Gasteiger partial charge in [0, 0.05) is 13.6 Å². The largest absolute Gasteiger partial charge is 0.383 e. The average Bonchev–Trinajstić information content (AvgIpc) is 2.90. The van der Waals surface area contributed by atoms with Gasteiger partial charge in [0.1, 0.15) is 10.8 Å². The van der Waals surface area contributed by atoms with E-state index >= 15 is 8.78 Å². The molecule has 1 aliphatic heterocycles. The van der Waals surface area contributed by atoms with Crippen LogP contribution in [0.3, 0.4) is 0 Å². The number of likely N-dealkylation sites (tertiary alicyclic amines) is 1. The molecule has 0 bridgehead atoms. The zero-order valence-electron chi connectivity index (χ0n) is 15.7. The van der Waals surface area contributed by atoms with Gasteiger partial charge in [-0.1, -0.05) is 39.3 Å². The molecule has 1 aliphatic carbocycles. The quantitative estimate of drug-likeness (QED) is 0.758. The van der Waals surface area contributed by atoms with E-state index in [1.165, 1.54) is 7.05 Å². The van der Waals surface area contributed by atoms with Gasteiger partial charge in [-0.05, 0) is 42.9 Å². The molecular formula is C18H29ClF2N2O2. The van der Waals surface area contributed by atoms with Crippen LogP contribution in [0.1, 0.15) is 59.8 Å². The summed E-state index contributed by atoms with van der Waals surface area (Å²) >= 11 is 6.02. The highest BCUT2D eigenvalue weighted by molar-refractivity contribution is 6.66. The second-order valence-corrected chi connectivity index (χ2v) is 9.55. The molecule has 0 unspecified atom stereocenters. The van der Waals surface area contributed by atoms with Crippen LogP contribution >= 0.6 is 11.6 Å². The normalized spacial score (nSPS) is 28.9. The summed E-state index contributed by atoms with van der Waals surface area (Å²) in [5.41, 5.74) is -3.32. The number of rotatable bonds is 3. The van der Waals surface area contributed by atoms with Crippen LogP contribution in [0.2, 0.25) is 0 Å². The van der Waals surface area contributed by atoms with Crippen molar-refractivity contribution in [2.24, 2.45) is 15.8 Å². The number of alkyl halides is 2. The summed E-state index contributed by atoms with van der Waals surface area (Å²) < 4.78 is 30.5. The maximum atomic E-state index is 15.2. The fourth-order valence-electron chi connectivity index (χ4n) is 5.07. The van der Waals surface area contributed by atoms with E-state index in [1.807, 2.05) is 27.7 Å². The molecular weight excluding hydrogens is 350 g/mol. The van der Waals surface area contributed by atoms with Gasteiger partial charge >= 0.3 is 5.92 Å². The molecule has 1 heterocycles. The number of hydrogen-bond donors (Lipinski definition) is 1. The van der Waals surface area contributed by atoms with Gasteiger partial charge in [-0.15, -0.1) is 0 Å². The van der Waals surface area contributed by atoms with E-state index < -0.39 is 34.3 Å². The first-order chi connectivity index (χ1) is 11.2. The van der Waals surface area contributed by atoms with Crippen molar-refractivity contribution in [2.45, 2.75) is 77.4 Å². The summed E-state index contributed by atoms with van der Waals surface area (Å²) in [5.74, 6) is -5.21. The number of hydrogen-bond acceptors (Lipinski definition) is 3.